The minimum absolute atomic E-state index is 0.0102. The minimum atomic E-state index is -0.846. The van der Waals surface area contributed by atoms with Crippen molar-refractivity contribution in [1.82, 2.24) is 10.2 Å². The van der Waals surface area contributed by atoms with Crippen molar-refractivity contribution in [1.29, 1.82) is 0 Å². The Morgan fingerprint density at radius 3 is 2.58 bits per heavy atom. The number of nitrogens with two attached hydrogens (primary N) is 3. The average Bonchev–Trinajstić information content (AvgIpc) is 3.23. The van der Waals surface area contributed by atoms with Crippen molar-refractivity contribution in [2.75, 3.05) is 19.0 Å². The van der Waals surface area contributed by atoms with E-state index < -0.39 is 29.9 Å². The molecule has 10 heteroatoms. The predicted molar refractivity (Wildman–Crippen MR) is 120 cm³/mol. The number of likely N-dealkylation sites (tertiary alicyclic amines) is 1. The van der Waals surface area contributed by atoms with Gasteiger partial charge in [-0.2, -0.15) is 0 Å². The van der Waals surface area contributed by atoms with E-state index in [1.54, 1.807) is 0 Å². The predicted octanol–water partition coefficient (Wildman–Crippen LogP) is -0.106. The quantitative estimate of drug-likeness (QED) is 0.158. The molecule has 7 N–H and O–H groups in total. The van der Waals surface area contributed by atoms with Crippen molar-refractivity contribution >= 4 is 35.2 Å². The van der Waals surface area contributed by atoms with Gasteiger partial charge in [0.25, 0.3) is 0 Å². The van der Waals surface area contributed by atoms with E-state index in [0.29, 0.717) is 38.8 Å². The molecule has 1 fully saturated rings. The number of guanidine groups is 1. The highest BCUT2D eigenvalue weighted by atomic mass is 35.5. The Bertz CT molecular complexity index is 785. The van der Waals surface area contributed by atoms with E-state index >= 15 is 0 Å². The molecule has 2 rings (SSSR count). The largest absolute Gasteiger partial charge is 0.370 e. The van der Waals surface area contributed by atoms with Gasteiger partial charge in [-0.15, -0.1) is 11.6 Å². The Hall–Kier alpha value is -2.49. The number of halogens is 1. The van der Waals surface area contributed by atoms with Crippen molar-refractivity contribution in [2.45, 2.75) is 50.2 Å². The molecule has 1 heterocycles. The summed E-state index contributed by atoms with van der Waals surface area (Å²) in [5.41, 5.74) is 17.6. The first-order valence-electron chi connectivity index (χ1n) is 10.4. The van der Waals surface area contributed by atoms with E-state index in [4.69, 9.17) is 28.8 Å². The molecule has 9 nitrogen and oxygen atoms in total. The average molecular weight is 451 g/mol. The van der Waals surface area contributed by atoms with E-state index in [1.165, 1.54) is 0 Å². The highest BCUT2D eigenvalue weighted by Gasteiger charge is 2.38. The Morgan fingerprint density at radius 2 is 1.94 bits per heavy atom. The second-order valence-corrected chi connectivity index (χ2v) is 7.88. The number of rotatable bonds is 11. The maximum absolute atomic E-state index is 12.8. The number of nitrogens with one attached hydrogen (secondary N) is 1. The van der Waals surface area contributed by atoms with E-state index in [0.717, 1.165) is 12.0 Å². The molecule has 2 amide bonds. The smallest absolute Gasteiger partial charge is 0.243 e. The molecule has 1 aliphatic heterocycles. The molecule has 1 aliphatic rings. The molecule has 0 bridgehead atoms. The molecule has 0 spiro atoms. The summed E-state index contributed by atoms with van der Waals surface area (Å²) in [6.45, 7) is 0.948. The number of aliphatic imine (C=N–C) groups is 1. The number of Topliss-reactive ketones (excluding diaryl/α,β-unsaturated/α-hetero) is 1. The molecular formula is C21H31ClN6O3. The lowest BCUT2D eigenvalue weighted by Gasteiger charge is -2.31. The third-order valence-electron chi connectivity index (χ3n) is 5.31. The summed E-state index contributed by atoms with van der Waals surface area (Å²) in [4.78, 5) is 43.5. The minimum Gasteiger partial charge on any atom is -0.370 e. The third kappa shape index (κ3) is 7.61. The lowest BCUT2D eigenvalue weighted by atomic mass is 10.0. The zero-order chi connectivity index (χ0) is 22.8. The van der Waals surface area contributed by atoms with Crippen LogP contribution in [0.3, 0.4) is 0 Å². The number of hydrogen-bond donors (Lipinski definition) is 4. The molecule has 2 unspecified atom stereocenters. The van der Waals surface area contributed by atoms with Gasteiger partial charge >= 0.3 is 0 Å². The summed E-state index contributed by atoms with van der Waals surface area (Å²) >= 11 is 5.80. The van der Waals surface area contributed by atoms with Crippen LogP contribution in [0.15, 0.2) is 35.3 Å². The van der Waals surface area contributed by atoms with Crippen LogP contribution in [0.2, 0.25) is 0 Å². The molecule has 0 saturated carbocycles. The number of hydrogen-bond acceptors (Lipinski definition) is 6. The molecular weight excluding hydrogens is 420 g/mol. The second kappa shape index (κ2) is 12.4. The van der Waals surface area contributed by atoms with Crippen LogP contribution in [0.25, 0.3) is 0 Å². The lowest BCUT2D eigenvalue weighted by molar-refractivity contribution is -0.135. The van der Waals surface area contributed by atoms with Crippen LogP contribution in [0.1, 0.15) is 31.2 Å². The van der Waals surface area contributed by atoms with Gasteiger partial charge in [0, 0.05) is 6.54 Å². The van der Waals surface area contributed by atoms with Crippen LogP contribution >= 0.6 is 11.6 Å². The topological polar surface area (TPSA) is 157 Å². The van der Waals surface area contributed by atoms with Gasteiger partial charge in [0.2, 0.25) is 11.8 Å². The first kappa shape index (κ1) is 24.8. The number of carbonyl (C=O) groups excluding carboxylic acids is 3. The van der Waals surface area contributed by atoms with Crippen LogP contribution in [0.5, 0.6) is 0 Å². The van der Waals surface area contributed by atoms with E-state index in [-0.39, 0.29) is 17.6 Å². The van der Waals surface area contributed by atoms with E-state index in [2.05, 4.69) is 10.3 Å². The Balaban J connectivity index is 1.98. The summed E-state index contributed by atoms with van der Waals surface area (Å²) in [6.07, 6.45) is 2.65. The number of alkyl halides is 1. The molecule has 3 atom stereocenters. The maximum Gasteiger partial charge on any atom is 0.243 e. The molecule has 1 saturated heterocycles. The third-order valence-corrected chi connectivity index (χ3v) is 5.58. The van der Waals surface area contributed by atoms with Crippen LogP contribution in [-0.2, 0) is 20.8 Å². The van der Waals surface area contributed by atoms with Gasteiger partial charge in [0.15, 0.2) is 11.7 Å². The number of amides is 2. The maximum atomic E-state index is 12.8. The van der Waals surface area contributed by atoms with Gasteiger partial charge in [-0.25, -0.2) is 0 Å². The summed E-state index contributed by atoms with van der Waals surface area (Å²) in [7, 11) is 0. The van der Waals surface area contributed by atoms with Crippen molar-refractivity contribution in [2.24, 2.45) is 22.2 Å². The van der Waals surface area contributed by atoms with Crippen molar-refractivity contribution < 1.29 is 14.4 Å². The highest BCUT2D eigenvalue weighted by molar-refractivity contribution is 6.28. The molecule has 0 aliphatic carbocycles. The fraction of sp³-hybridized carbons (Fsp3) is 0.524. The van der Waals surface area contributed by atoms with Gasteiger partial charge in [-0.1, -0.05) is 30.3 Å². The van der Waals surface area contributed by atoms with Gasteiger partial charge in [-0.3, -0.25) is 29.6 Å². The monoisotopic (exact) mass is 450 g/mol. The van der Waals surface area contributed by atoms with Crippen LogP contribution < -0.4 is 22.5 Å². The Labute approximate surface area is 187 Å². The number of benzene rings is 1. The zero-order valence-corrected chi connectivity index (χ0v) is 18.3. The molecule has 0 aromatic heterocycles. The van der Waals surface area contributed by atoms with Crippen molar-refractivity contribution in [3.05, 3.63) is 35.9 Å². The van der Waals surface area contributed by atoms with Crippen LogP contribution in [0, 0.1) is 0 Å². The second-order valence-electron chi connectivity index (χ2n) is 7.61. The molecule has 1 aromatic carbocycles. The standard InChI is InChI=1S/C21H31ClN6O3/c22-13-18(29)16(8-4-10-26-21(24)25)28-11-5-9-17(28)20(31)27-19(30)15(23)12-14-6-2-1-3-7-14/h1-3,6-7,15-17H,4-5,8-13,23H2,(H4,24,25,26)(H,27,30,31)/t15?,16-,17?/m0/s1. The van der Waals surface area contributed by atoms with Gasteiger partial charge < -0.3 is 17.2 Å². The van der Waals surface area contributed by atoms with Crippen molar-refractivity contribution in [3.63, 3.8) is 0 Å². The zero-order valence-electron chi connectivity index (χ0n) is 17.5. The number of imide groups is 1. The van der Waals surface area contributed by atoms with Gasteiger partial charge in [0.1, 0.15) is 0 Å². The lowest BCUT2D eigenvalue weighted by Crippen LogP contribution is -2.54. The van der Waals surface area contributed by atoms with Crippen molar-refractivity contribution in [3.8, 4) is 0 Å². The summed E-state index contributed by atoms with van der Waals surface area (Å²) < 4.78 is 0. The molecule has 0 radical (unpaired) electrons. The Kier molecular flexibility index (Phi) is 9.90. The van der Waals surface area contributed by atoms with E-state index in [9.17, 15) is 14.4 Å². The highest BCUT2D eigenvalue weighted by Crippen LogP contribution is 2.24. The Morgan fingerprint density at radius 1 is 1.23 bits per heavy atom. The van der Waals surface area contributed by atoms with Gasteiger partial charge in [0.05, 0.1) is 24.0 Å². The molecule has 170 valence electrons. The SMILES string of the molecule is NC(N)=NCCC[C@@H](C(=O)CCl)N1CCCC1C(=O)NC(=O)C(N)Cc1ccccc1. The van der Waals surface area contributed by atoms with E-state index in [1.807, 2.05) is 35.2 Å². The number of ketones is 1. The van der Waals surface area contributed by atoms with Gasteiger partial charge in [-0.05, 0) is 44.2 Å². The summed E-state index contributed by atoms with van der Waals surface area (Å²) in [5.74, 6) is -1.31. The summed E-state index contributed by atoms with van der Waals surface area (Å²) in [6, 6.07) is 7.39. The first-order chi connectivity index (χ1) is 14.8. The molecule has 31 heavy (non-hydrogen) atoms. The normalized spacial score (nSPS) is 18.2. The number of nitrogens with zero attached hydrogens (tertiary/aromatic N) is 2. The molecule has 1 aromatic rings. The fourth-order valence-corrected chi connectivity index (χ4v) is 3.97. The number of carbonyl (C=O) groups is 3. The first-order valence-corrected chi connectivity index (χ1v) is 10.9. The summed E-state index contributed by atoms with van der Waals surface area (Å²) in [5, 5.41) is 2.42. The fourth-order valence-electron chi connectivity index (χ4n) is 3.80. The van der Waals surface area contributed by atoms with Crippen LogP contribution in [0.4, 0.5) is 0 Å². The van der Waals surface area contributed by atoms with Crippen LogP contribution in [-0.4, -0.2) is 65.6 Å².